The number of hydrogen-bond donors (Lipinski definition) is 3. The largest absolute Gasteiger partial charge is 0.490 e. The number of hydrogen-bond acceptors (Lipinski definition) is 6. The van der Waals surface area contributed by atoms with Gasteiger partial charge in [-0.25, -0.2) is 22.9 Å². The van der Waals surface area contributed by atoms with Gasteiger partial charge in [-0.1, -0.05) is 0 Å². The molecule has 1 aliphatic heterocycles. The Balaban J connectivity index is 0.000000412. The van der Waals surface area contributed by atoms with Gasteiger partial charge >= 0.3 is 12.1 Å². The maximum absolute atomic E-state index is 11.9. The van der Waals surface area contributed by atoms with Crippen LogP contribution in [0.5, 0.6) is 0 Å². The predicted octanol–water partition coefficient (Wildman–Crippen LogP) is 1.08. The van der Waals surface area contributed by atoms with Gasteiger partial charge < -0.3 is 14.8 Å². The summed E-state index contributed by atoms with van der Waals surface area (Å²) < 4.78 is 63.3. The van der Waals surface area contributed by atoms with Gasteiger partial charge in [-0.3, -0.25) is 0 Å². The number of alkyl halides is 3. The first-order valence-corrected chi connectivity index (χ1v) is 9.54. The van der Waals surface area contributed by atoms with Crippen molar-refractivity contribution in [2.75, 3.05) is 25.4 Å². The van der Waals surface area contributed by atoms with Gasteiger partial charge in [0.25, 0.3) is 0 Å². The molecule has 0 unspecified atom stereocenters. The standard InChI is InChI=1S/C12H21N3O3S.C2HF3O2/c1-10-15-12(8-18-10)4-7-14-19(16,17)9-11-2-5-13-6-3-11;3-2(4,5)1(6)7/h8,11,13-14H,2-7,9H2,1H3;(H,6,7). The van der Waals surface area contributed by atoms with Crippen molar-refractivity contribution in [1.29, 1.82) is 0 Å². The summed E-state index contributed by atoms with van der Waals surface area (Å²) in [5.41, 5.74) is 0.780. The Morgan fingerprint density at radius 1 is 1.42 bits per heavy atom. The van der Waals surface area contributed by atoms with Gasteiger partial charge in [0.1, 0.15) is 6.26 Å². The molecule has 0 saturated carbocycles. The average Bonchev–Trinajstić information content (AvgIpc) is 2.92. The fourth-order valence-corrected chi connectivity index (χ4v) is 3.76. The molecule has 0 aromatic carbocycles. The number of aryl methyl sites for hydroxylation is 1. The molecule has 0 bridgehead atoms. The van der Waals surface area contributed by atoms with E-state index in [0.717, 1.165) is 31.6 Å². The molecule has 1 saturated heterocycles. The van der Waals surface area contributed by atoms with Crippen LogP contribution in [0.1, 0.15) is 24.4 Å². The maximum atomic E-state index is 11.9. The molecule has 3 N–H and O–H groups in total. The van der Waals surface area contributed by atoms with Crippen molar-refractivity contribution in [3.05, 3.63) is 17.8 Å². The molecule has 0 spiro atoms. The predicted molar refractivity (Wildman–Crippen MR) is 86.0 cm³/mol. The van der Waals surface area contributed by atoms with Crippen LogP contribution >= 0.6 is 0 Å². The highest BCUT2D eigenvalue weighted by molar-refractivity contribution is 7.89. The number of oxazole rings is 1. The van der Waals surface area contributed by atoms with E-state index in [1.165, 1.54) is 0 Å². The lowest BCUT2D eigenvalue weighted by Gasteiger charge is -2.22. The molecule has 150 valence electrons. The highest BCUT2D eigenvalue weighted by Crippen LogP contribution is 2.14. The van der Waals surface area contributed by atoms with Gasteiger partial charge in [0.15, 0.2) is 5.89 Å². The van der Waals surface area contributed by atoms with Crippen LogP contribution in [0.3, 0.4) is 0 Å². The van der Waals surface area contributed by atoms with Crippen molar-refractivity contribution in [3.8, 4) is 0 Å². The van der Waals surface area contributed by atoms with Gasteiger partial charge in [-0.15, -0.1) is 0 Å². The van der Waals surface area contributed by atoms with Crippen molar-refractivity contribution in [2.24, 2.45) is 5.92 Å². The molecule has 2 rings (SSSR count). The van der Waals surface area contributed by atoms with Crippen molar-refractivity contribution >= 4 is 16.0 Å². The number of aliphatic carboxylic acids is 1. The maximum Gasteiger partial charge on any atom is 0.490 e. The molecule has 1 fully saturated rings. The van der Waals surface area contributed by atoms with E-state index in [2.05, 4.69) is 15.0 Å². The summed E-state index contributed by atoms with van der Waals surface area (Å²) in [5, 5.41) is 10.4. The monoisotopic (exact) mass is 401 g/mol. The van der Waals surface area contributed by atoms with Crippen LogP contribution < -0.4 is 10.0 Å². The van der Waals surface area contributed by atoms with Crippen molar-refractivity contribution in [2.45, 2.75) is 32.4 Å². The van der Waals surface area contributed by atoms with E-state index in [9.17, 15) is 21.6 Å². The fourth-order valence-electron chi connectivity index (χ4n) is 2.28. The number of rotatable bonds is 6. The highest BCUT2D eigenvalue weighted by atomic mass is 32.2. The molecule has 26 heavy (non-hydrogen) atoms. The first-order chi connectivity index (χ1) is 12.0. The number of nitrogens with zero attached hydrogens (tertiary/aromatic N) is 1. The lowest BCUT2D eigenvalue weighted by molar-refractivity contribution is -0.192. The summed E-state index contributed by atoms with van der Waals surface area (Å²) in [5.74, 6) is -1.65. The highest BCUT2D eigenvalue weighted by Gasteiger charge is 2.38. The SMILES string of the molecule is Cc1nc(CCNS(=O)(=O)CC2CCNCC2)co1.O=C(O)C(F)(F)F. The third-order valence-corrected chi connectivity index (χ3v) is 5.08. The van der Waals surface area contributed by atoms with Crippen LogP contribution in [0.4, 0.5) is 13.2 Å². The number of sulfonamides is 1. The summed E-state index contributed by atoms with van der Waals surface area (Å²) in [7, 11) is -3.18. The average molecular weight is 401 g/mol. The number of carboxylic acid groups (broad SMARTS) is 1. The molecular formula is C14H22F3N3O5S. The fraction of sp³-hybridized carbons (Fsp3) is 0.714. The Morgan fingerprint density at radius 3 is 2.46 bits per heavy atom. The van der Waals surface area contributed by atoms with Gasteiger partial charge in [0, 0.05) is 19.9 Å². The molecule has 12 heteroatoms. The van der Waals surface area contributed by atoms with E-state index in [1.807, 2.05) is 0 Å². The zero-order valence-electron chi connectivity index (χ0n) is 14.2. The van der Waals surface area contributed by atoms with Crippen molar-refractivity contribution in [1.82, 2.24) is 15.0 Å². The van der Waals surface area contributed by atoms with Gasteiger partial charge in [0.2, 0.25) is 10.0 Å². The van der Waals surface area contributed by atoms with Gasteiger partial charge in [-0.05, 0) is 31.8 Å². The quantitative estimate of drug-likeness (QED) is 0.652. The first-order valence-electron chi connectivity index (χ1n) is 7.89. The minimum atomic E-state index is -5.08. The first kappa shape index (κ1) is 22.4. The van der Waals surface area contributed by atoms with E-state index in [-0.39, 0.29) is 11.7 Å². The summed E-state index contributed by atoms with van der Waals surface area (Å²) in [6.07, 6.45) is -1.09. The Bertz CT molecular complexity index is 670. The Morgan fingerprint density at radius 2 is 2.00 bits per heavy atom. The Kier molecular flexibility index (Phi) is 8.50. The van der Waals surface area contributed by atoms with Crippen LogP contribution in [-0.4, -0.2) is 56.0 Å². The molecule has 8 nitrogen and oxygen atoms in total. The van der Waals surface area contributed by atoms with Crippen LogP contribution in [0.25, 0.3) is 0 Å². The summed E-state index contributed by atoms with van der Waals surface area (Å²) in [6, 6.07) is 0. The second-order valence-electron chi connectivity index (χ2n) is 5.78. The minimum absolute atomic E-state index is 0.229. The molecule has 2 heterocycles. The zero-order valence-corrected chi connectivity index (χ0v) is 15.0. The Hall–Kier alpha value is -1.66. The number of carbonyl (C=O) groups is 1. The summed E-state index contributed by atoms with van der Waals surface area (Å²) in [6.45, 7) is 3.97. The van der Waals surface area contributed by atoms with Gasteiger partial charge in [0.05, 0.1) is 11.4 Å². The topological polar surface area (TPSA) is 122 Å². The molecular weight excluding hydrogens is 379 g/mol. The van der Waals surface area contributed by atoms with Crippen molar-refractivity contribution < 1.29 is 35.9 Å². The number of halogens is 3. The second kappa shape index (κ2) is 9.88. The smallest absolute Gasteiger partial charge is 0.475 e. The summed E-state index contributed by atoms with van der Waals surface area (Å²) in [4.78, 5) is 13.0. The minimum Gasteiger partial charge on any atom is -0.475 e. The number of nitrogens with one attached hydrogen (secondary N) is 2. The van der Waals surface area contributed by atoms with E-state index in [1.54, 1.807) is 13.2 Å². The molecule has 0 radical (unpaired) electrons. The Labute approximate surface area is 149 Å². The lowest BCUT2D eigenvalue weighted by atomic mass is 10.0. The lowest BCUT2D eigenvalue weighted by Crippen LogP contribution is -2.36. The van der Waals surface area contributed by atoms with Crippen LogP contribution in [0, 0.1) is 12.8 Å². The summed E-state index contributed by atoms with van der Waals surface area (Å²) >= 11 is 0. The molecule has 1 aliphatic rings. The molecule has 1 aromatic heterocycles. The molecule has 1 aromatic rings. The van der Waals surface area contributed by atoms with E-state index in [0.29, 0.717) is 18.9 Å². The van der Waals surface area contributed by atoms with Crippen molar-refractivity contribution in [3.63, 3.8) is 0 Å². The van der Waals surface area contributed by atoms with Crippen LogP contribution in [0.2, 0.25) is 0 Å². The zero-order chi connectivity index (χ0) is 19.8. The normalized spacial score (nSPS) is 16.0. The number of carboxylic acids is 1. The van der Waals surface area contributed by atoms with E-state index < -0.39 is 22.2 Å². The van der Waals surface area contributed by atoms with Gasteiger partial charge in [-0.2, -0.15) is 13.2 Å². The van der Waals surface area contributed by atoms with E-state index >= 15 is 0 Å². The molecule has 0 atom stereocenters. The second-order valence-corrected chi connectivity index (χ2v) is 7.63. The van der Waals surface area contributed by atoms with Crippen LogP contribution in [-0.2, 0) is 21.2 Å². The third-order valence-electron chi connectivity index (χ3n) is 3.53. The third kappa shape index (κ3) is 9.15. The molecule has 0 aliphatic carbocycles. The number of piperidine rings is 1. The number of aromatic nitrogens is 1. The molecule has 0 amide bonds. The van der Waals surface area contributed by atoms with Crippen LogP contribution in [0.15, 0.2) is 10.7 Å². The van der Waals surface area contributed by atoms with E-state index in [4.69, 9.17) is 14.3 Å².